The van der Waals surface area contributed by atoms with Crippen molar-refractivity contribution in [3.05, 3.63) is 23.8 Å². The number of rotatable bonds is 6. The number of nitrogens with one attached hydrogen (secondary N) is 1. The maximum Gasteiger partial charge on any atom is 0.241 e. The number of nitrogens with two attached hydrogens (primary N) is 1. The first-order chi connectivity index (χ1) is 8.95. The summed E-state index contributed by atoms with van der Waals surface area (Å²) in [7, 11) is 3.98. The average Bonchev–Trinajstić information content (AvgIpc) is 2.37. The summed E-state index contributed by atoms with van der Waals surface area (Å²) in [6, 6.07) is 5.50. The van der Waals surface area contributed by atoms with Crippen LogP contribution in [-0.4, -0.2) is 38.1 Å². The molecule has 106 valence electrons. The minimum Gasteiger partial charge on any atom is -0.378 e. The first-order valence-corrected chi connectivity index (χ1v) is 7.68. The molecular weight excluding hydrogens is 258 g/mol. The summed E-state index contributed by atoms with van der Waals surface area (Å²) < 4.78 is 0. The van der Waals surface area contributed by atoms with Crippen molar-refractivity contribution in [1.82, 2.24) is 0 Å². The smallest absolute Gasteiger partial charge is 0.241 e. The molecule has 0 saturated heterocycles. The quantitative estimate of drug-likeness (QED) is 0.838. The Kier molecular flexibility index (Phi) is 6.18. The van der Waals surface area contributed by atoms with Gasteiger partial charge in [0.25, 0.3) is 0 Å². The summed E-state index contributed by atoms with van der Waals surface area (Å²) in [6.07, 6.45) is 2.70. The van der Waals surface area contributed by atoms with Crippen molar-refractivity contribution in [2.24, 2.45) is 5.73 Å². The molecule has 0 fully saturated rings. The lowest BCUT2D eigenvalue weighted by molar-refractivity contribution is -0.117. The molecular formula is C14H23N3OS. The van der Waals surface area contributed by atoms with Gasteiger partial charge in [-0.25, -0.2) is 0 Å². The summed E-state index contributed by atoms with van der Waals surface area (Å²) in [5, 5.41) is 2.89. The van der Waals surface area contributed by atoms with Gasteiger partial charge in [-0.1, -0.05) is 0 Å². The van der Waals surface area contributed by atoms with Gasteiger partial charge in [0.1, 0.15) is 0 Å². The summed E-state index contributed by atoms with van der Waals surface area (Å²) in [5.74, 6) is 0.780. The Balaban J connectivity index is 2.69. The molecule has 0 aliphatic heterocycles. The van der Waals surface area contributed by atoms with E-state index in [0.29, 0.717) is 6.42 Å². The molecule has 0 heterocycles. The number of thioether (sulfide) groups is 1. The Morgan fingerprint density at radius 3 is 2.68 bits per heavy atom. The number of nitrogens with zero attached hydrogens (tertiary/aromatic N) is 1. The van der Waals surface area contributed by atoms with Crippen LogP contribution in [0, 0.1) is 6.92 Å². The Morgan fingerprint density at radius 2 is 2.16 bits per heavy atom. The fourth-order valence-corrected chi connectivity index (χ4v) is 2.16. The molecule has 0 aliphatic carbocycles. The molecule has 0 unspecified atom stereocenters. The van der Waals surface area contributed by atoms with Crippen LogP contribution < -0.4 is 16.0 Å². The molecule has 0 bridgehead atoms. The molecule has 1 amide bonds. The lowest BCUT2D eigenvalue weighted by Gasteiger charge is -2.17. The number of carbonyl (C=O) groups excluding carboxylic acids is 1. The topological polar surface area (TPSA) is 58.4 Å². The van der Waals surface area contributed by atoms with Crippen LogP contribution in [0.5, 0.6) is 0 Å². The number of aryl methyl sites for hydroxylation is 1. The minimum absolute atomic E-state index is 0.116. The van der Waals surface area contributed by atoms with Gasteiger partial charge in [0.15, 0.2) is 0 Å². The molecule has 1 aromatic carbocycles. The third-order valence-corrected chi connectivity index (χ3v) is 3.60. The number of anilines is 2. The zero-order chi connectivity index (χ0) is 14.4. The van der Waals surface area contributed by atoms with E-state index in [1.807, 2.05) is 50.4 Å². The summed E-state index contributed by atoms with van der Waals surface area (Å²) in [5.41, 5.74) is 8.83. The summed E-state index contributed by atoms with van der Waals surface area (Å²) >= 11 is 1.70. The second-order valence-corrected chi connectivity index (χ2v) is 5.76. The monoisotopic (exact) mass is 281 g/mol. The molecule has 1 aromatic rings. The molecule has 1 rings (SSSR count). The van der Waals surface area contributed by atoms with Crippen LogP contribution in [0.3, 0.4) is 0 Å². The van der Waals surface area contributed by atoms with E-state index >= 15 is 0 Å². The molecule has 19 heavy (non-hydrogen) atoms. The van der Waals surface area contributed by atoms with Crippen molar-refractivity contribution in [2.75, 3.05) is 36.3 Å². The van der Waals surface area contributed by atoms with Crippen LogP contribution in [0.2, 0.25) is 0 Å². The maximum absolute atomic E-state index is 11.9. The number of benzene rings is 1. The predicted molar refractivity (Wildman–Crippen MR) is 85.1 cm³/mol. The van der Waals surface area contributed by atoms with Crippen molar-refractivity contribution in [1.29, 1.82) is 0 Å². The van der Waals surface area contributed by atoms with E-state index in [1.54, 1.807) is 11.8 Å². The Labute approximate surface area is 119 Å². The van der Waals surface area contributed by atoms with Crippen molar-refractivity contribution >= 4 is 29.0 Å². The van der Waals surface area contributed by atoms with Gasteiger partial charge >= 0.3 is 0 Å². The van der Waals surface area contributed by atoms with Crippen LogP contribution in [0.25, 0.3) is 0 Å². The van der Waals surface area contributed by atoms with Crippen LogP contribution in [-0.2, 0) is 4.79 Å². The zero-order valence-corrected chi connectivity index (χ0v) is 12.9. The first kappa shape index (κ1) is 15.9. The zero-order valence-electron chi connectivity index (χ0n) is 12.1. The summed E-state index contributed by atoms with van der Waals surface area (Å²) in [6.45, 7) is 1.98. The highest BCUT2D eigenvalue weighted by Gasteiger charge is 2.14. The van der Waals surface area contributed by atoms with Crippen molar-refractivity contribution in [2.45, 2.75) is 19.4 Å². The van der Waals surface area contributed by atoms with Gasteiger partial charge in [-0.15, -0.1) is 0 Å². The van der Waals surface area contributed by atoms with Gasteiger partial charge < -0.3 is 16.0 Å². The van der Waals surface area contributed by atoms with Gasteiger partial charge in [0, 0.05) is 25.5 Å². The highest BCUT2D eigenvalue weighted by atomic mass is 32.2. The average molecular weight is 281 g/mol. The largest absolute Gasteiger partial charge is 0.378 e. The Bertz CT molecular complexity index is 435. The highest BCUT2D eigenvalue weighted by molar-refractivity contribution is 7.98. The molecule has 3 N–H and O–H groups in total. The fourth-order valence-electron chi connectivity index (χ4n) is 1.67. The summed E-state index contributed by atoms with van der Waals surface area (Å²) in [4.78, 5) is 14.0. The van der Waals surface area contributed by atoms with E-state index in [-0.39, 0.29) is 5.91 Å². The van der Waals surface area contributed by atoms with E-state index in [1.165, 1.54) is 0 Å². The molecule has 1 atom stereocenters. The normalized spacial score (nSPS) is 12.1. The number of amides is 1. The number of carbonyl (C=O) groups is 1. The van der Waals surface area contributed by atoms with Gasteiger partial charge in [0.2, 0.25) is 5.91 Å². The number of hydrogen-bond donors (Lipinski definition) is 2. The standard InChI is InChI=1S/C14H23N3OS/c1-10-9-11(17(2)3)5-6-13(10)16-14(18)12(15)7-8-19-4/h5-6,9,12H,7-8,15H2,1-4H3,(H,16,18)/t12-/m1/s1. The van der Waals surface area contributed by atoms with Gasteiger partial charge in [-0.2, -0.15) is 11.8 Å². The van der Waals surface area contributed by atoms with E-state index in [9.17, 15) is 4.79 Å². The van der Waals surface area contributed by atoms with E-state index in [4.69, 9.17) is 5.73 Å². The molecule has 0 saturated carbocycles. The van der Waals surface area contributed by atoms with E-state index in [2.05, 4.69) is 5.32 Å². The predicted octanol–water partition coefficient (Wildman–Crippen LogP) is 2.08. The third-order valence-electron chi connectivity index (χ3n) is 2.95. The molecule has 5 heteroatoms. The lowest BCUT2D eigenvalue weighted by Crippen LogP contribution is -2.36. The Morgan fingerprint density at radius 1 is 1.47 bits per heavy atom. The van der Waals surface area contributed by atoms with Crippen LogP contribution >= 0.6 is 11.8 Å². The fraction of sp³-hybridized carbons (Fsp3) is 0.500. The highest BCUT2D eigenvalue weighted by Crippen LogP contribution is 2.21. The van der Waals surface area contributed by atoms with E-state index in [0.717, 1.165) is 22.7 Å². The second-order valence-electron chi connectivity index (χ2n) is 4.77. The number of hydrogen-bond acceptors (Lipinski definition) is 4. The molecule has 0 aromatic heterocycles. The van der Waals surface area contributed by atoms with Crippen LogP contribution in [0.4, 0.5) is 11.4 Å². The Hall–Kier alpha value is -1.20. The van der Waals surface area contributed by atoms with Gasteiger partial charge in [-0.05, 0) is 49.1 Å². The van der Waals surface area contributed by atoms with Crippen LogP contribution in [0.1, 0.15) is 12.0 Å². The molecule has 0 aliphatic rings. The van der Waals surface area contributed by atoms with Crippen molar-refractivity contribution < 1.29 is 4.79 Å². The molecule has 0 spiro atoms. The van der Waals surface area contributed by atoms with Gasteiger partial charge in [0.05, 0.1) is 6.04 Å². The third kappa shape index (κ3) is 4.76. The van der Waals surface area contributed by atoms with Gasteiger partial charge in [-0.3, -0.25) is 4.79 Å². The first-order valence-electron chi connectivity index (χ1n) is 6.29. The van der Waals surface area contributed by atoms with Crippen molar-refractivity contribution in [3.63, 3.8) is 0 Å². The maximum atomic E-state index is 11.9. The van der Waals surface area contributed by atoms with Crippen LogP contribution in [0.15, 0.2) is 18.2 Å². The molecule has 4 nitrogen and oxygen atoms in total. The van der Waals surface area contributed by atoms with Crippen molar-refractivity contribution in [3.8, 4) is 0 Å². The van der Waals surface area contributed by atoms with E-state index < -0.39 is 6.04 Å². The lowest BCUT2D eigenvalue weighted by atomic mass is 10.1. The SMILES string of the molecule is CSCC[C@@H](N)C(=O)Nc1ccc(N(C)C)cc1C. The second kappa shape index (κ2) is 7.40. The minimum atomic E-state index is -0.444. The molecule has 0 radical (unpaired) electrons.